The van der Waals surface area contributed by atoms with E-state index in [1.165, 1.54) is 0 Å². The Hall–Kier alpha value is -2.96. The third-order valence-corrected chi connectivity index (χ3v) is 4.02. The highest BCUT2D eigenvalue weighted by atomic mass is 19.4. The van der Waals surface area contributed by atoms with Gasteiger partial charge in [-0.3, -0.25) is 14.8 Å². The quantitative estimate of drug-likeness (QED) is 0.567. The fourth-order valence-electron chi connectivity index (χ4n) is 3.03. The molecule has 152 valence electrons. The normalized spacial score (nSPS) is 20.3. The van der Waals surface area contributed by atoms with Crippen LogP contribution in [0.3, 0.4) is 0 Å². The molecule has 2 atom stereocenters. The van der Waals surface area contributed by atoms with Crippen LogP contribution in [0.4, 0.5) is 24.7 Å². The summed E-state index contributed by atoms with van der Waals surface area (Å²) in [7, 11) is 1.09. The zero-order valence-electron chi connectivity index (χ0n) is 15.2. The molecule has 0 radical (unpaired) electrons. The summed E-state index contributed by atoms with van der Waals surface area (Å²) in [6.07, 6.45) is -3.97. The van der Waals surface area contributed by atoms with Gasteiger partial charge in [0.15, 0.2) is 0 Å². The molecule has 1 aliphatic heterocycles. The van der Waals surface area contributed by atoms with E-state index in [1.54, 1.807) is 4.90 Å². The van der Waals surface area contributed by atoms with E-state index in [-0.39, 0.29) is 18.0 Å². The lowest BCUT2D eigenvalue weighted by molar-refractivity contribution is -0.385. The average Bonchev–Trinajstić information content (AvgIpc) is 2.94. The van der Waals surface area contributed by atoms with Crippen molar-refractivity contribution in [2.45, 2.75) is 32.2 Å². The zero-order chi connectivity index (χ0) is 20.6. The smallest absolute Gasteiger partial charge is 0.413 e. The summed E-state index contributed by atoms with van der Waals surface area (Å²) in [5, 5.41) is 15.2. The van der Waals surface area contributed by atoms with Crippen molar-refractivity contribution in [1.82, 2.24) is 19.7 Å². The molecule has 3 rings (SSSR count). The Morgan fingerprint density at radius 1 is 1.29 bits per heavy atom. The van der Waals surface area contributed by atoms with Crippen LogP contribution in [-0.2, 0) is 18.0 Å². The van der Waals surface area contributed by atoms with E-state index in [0.717, 1.165) is 13.4 Å². The van der Waals surface area contributed by atoms with Crippen molar-refractivity contribution in [1.29, 1.82) is 0 Å². The lowest BCUT2D eigenvalue weighted by Crippen LogP contribution is -2.46. The Labute approximate surface area is 157 Å². The first-order chi connectivity index (χ1) is 13.1. The topological polar surface area (TPSA) is 108 Å². The third kappa shape index (κ3) is 3.98. The van der Waals surface area contributed by atoms with Crippen LogP contribution >= 0.6 is 0 Å². The van der Waals surface area contributed by atoms with Gasteiger partial charge in [0.2, 0.25) is 11.7 Å². The molecule has 1 fully saturated rings. The molecule has 2 aromatic rings. The minimum absolute atomic E-state index is 0.00368. The van der Waals surface area contributed by atoms with Crippen molar-refractivity contribution in [3.8, 4) is 11.8 Å². The van der Waals surface area contributed by atoms with Crippen molar-refractivity contribution in [2.75, 3.05) is 18.0 Å². The number of halogens is 3. The van der Waals surface area contributed by atoms with Gasteiger partial charge in [-0.05, 0) is 13.8 Å². The number of hydrogen-bond acceptors (Lipinski definition) is 8. The number of hydrogen-bond donors (Lipinski definition) is 0. The lowest BCUT2D eigenvalue weighted by atomic mass is 10.2. The van der Waals surface area contributed by atoms with Crippen molar-refractivity contribution >= 4 is 11.5 Å². The van der Waals surface area contributed by atoms with Gasteiger partial charge in [-0.1, -0.05) is 0 Å². The van der Waals surface area contributed by atoms with Crippen LogP contribution in [0, 0.1) is 10.1 Å². The Morgan fingerprint density at radius 2 is 1.93 bits per heavy atom. The van der Waals surface area contributed by atoms with Crippen molar-refractivity contribution in [3.63, 3.8) is 0 Å². The van der Waals surface area contributed by atoms with Gasteiger partial charge < -0.3 is 14.4 Å². The van der Waals surface area contributed by atoms with Crippen molar-refractivity contribution in [2.24, 2.45) is 7.05 Å². The molecule has 0 aliphatic carbocycles. The molecule has 0 spiro atoms. The number of nitrogens with zero attached hydrogens (tertiary/aromatic N) is 6. The molecule has 2 unspecified atom stereocenters. The van der Waals surface area contributed by atoms with E-state index in [4.69, 9.17) is 9.47 Å². The summed E-state index contributed by atoms with van der Waals surface area (Å²) < 4.78 is 50.2. The monoisotopic (exact) mass is 402 g/mol. The molecule has 2 aromatic heterocycles. The maximum absolute atomic E-state index is 12.9. The number of nitro groups is 1. The predicted octanol–water partition coefficient (Wildman–Crippen LogP) is 2.54. The minimum Gasteiger partial charge on any atom is -0.413 e. The molecule has 10 nitrogen and oxygen atoms in total. The van der Waals surface area contributed by atoms with Crippen LogP contribution in [0.1, 0.15) is 19.5 Å². The summed E-state index contributed by atoms with van der Waals surface area (Å²) in [5.74, 6) is -0.955. The molecule has 1 saturated heterocycles. The third-order valence-electron chi connectivity index (χ3n) is 4.02. The first kappa shape index (κ1) is 19.8. The number of rotatable bonds is 4. The van der Waals surface area contributed by atoms with Gasteiger partial charge in [0, 0.05) is 26.2 Å². The molecule has 0 N–H and O–H groups in total. The van der Waals surface area contributed by atoms with Gasteiger partial charge in [-0.2, -0.15) is 18.2 Å². The summed E-state index contributed by atoms with van der Waals surface area (Å²) in [6, 6.07) is 0.643. The summed E-state index contributed by atoms with van der Waals surface area (Å²) in [6.45, 7) is 4.34. The van der Waals surface area contributed by atoms with Crippen LogP contribution in [0.5, 0.6) is 11.8 Å². The van der Waals surface area contributed by atoms with Gasteiger partial charge in [0.25, 0.3) is 0 Å². The SMILES string of the molecule is CC1CN(c2ncnc(Oc3cc(C(F)(F)F)n(C)n3)c2[N+](=O)[O-])CC(C)O1. The van der Waals surface area contributed by atoms with Gasteiger partial charge >= 0.3 is 17.7 Å². The second-order valence-electron chi connectivity index (χ2n) is 6.36. The highest BCUT2D eigenvalue weighted by Gasteiger charge is 2.37. The van der Waals surface area contributed by atoms with Crippen molar-refractivity contribution < 1.29 is 27.6 Å². The van der Waals surface area contributed by atoms with Crippen LogP contribution < -0.4 is 9.64 Å². The number of aryl methyl sites for hydroxylation is 1. The zero-order valence-corrected chi connectivity index (χ0v) is 15.2. The maximum atomic E-state index is 12.9. The number of anilines is 1. The molecule has 0 saturated carbocycles. The molecular formula is C15H17F3N6O4. The minimum atomic E-state index is -4.65. The highest BCUT2D eigenvalue weighted by Crippen LogP contribution is 2.38. The fraction of sp³-hybridized carbons (Fsp3) is 0.533. The Morgan fingerprint density at radius 3 is 2.46 bits per heavy atom. The lowest BCUT2D eigenvalue weighted by Gasteiger charge is -2.35. The molecule has 0 amide bonds. The number of alkyl halides is 3. The van der Waals surface area contributed by atoms with Gasteiger partial charge in [0.05, 0.1) is 17.1 Å². The molecule has 0 bridgehead atoms. The van der Waals surface area contributed by atoms with E-state index < -0.39 is 34.2 Å². The van der Waals surface area contributed by atoms with Crippen LogP contribution in [0.25, 0.3) is 0 Å². The number of ether oxygens (including phenoxy) is 2. The van der Waals surface area contributed by atoms with E-state index in [1.807, 2.05) is 13.8 Å². The maximum Gasteiger partial charge on any atom is 0.433 e. The predicted molar refractivity (Wildman–Crippen MR) is 89.2 cm³/mol. The van der Waals surface area contributed by atoms with Crippen LogP contribution in [-0.4, -0.2) is 50.0 Å². The first-order valence-electron chi connectivity index (χ1n) is 8.25. The fourth-order valence-corrected chi connectivity index (χ4v) is 3.03. The van der Waals surface area contributed by atoms with Gasteiger partial charge in [-0.15, -0.1) is 5.10 Å². The summed E-state index contributed by atoms with van der Waals surface area (Å²) in [5.41, 5.74) is -1.61. The second-order valence-corrected chi connectivity index (χ2v) is 6.36. The molecule has 1 aliphatic rings. The molecule has 3 heterocycles. The first-order valence-corrected chi connectivity index (χ1v) is 8.25. The second kappa shape index (κ2) is 7.22. The van der Waals surface area contributed by atoms with E-state index >= 15 is 0 Å². The standard InChI is InChI=1S/C15H17F3N6O4/c1-8-5-23(6-9(2)27-8)13-12(24(25)26)14(20-7-19-13)28-11-4-10(15(16,17)18)22(3)21-11/h4,7-9H,5-6H2,1-3H3. The van der Waals surface area contributed by atoms with E-state index in [0.29, 0.717) is 23.8 Å². The molecule has 13 heteroatoms. The largest absolute Gasteiger partial charge is 0.433 e. The average molecular weight is 402 g/mol. The van der Waals surface area contributed by atoms with E-state index in [9.17, 15) is 23.3 Å². The van der Waals surface area contributed by atoms with E-state index in [2.05, 4.69) is 15.1 Å². The number of morpholine rings is 1. The highest BCUT2D eigenvalue weighted by molar-refractivity contribution is 5.63. The van der Waals surface area contributed by atoms with Crippen molar-refractivity contribution in [3.05, 3.63) is 28.2 Å². The Kier molecular flexibility index (Phi) is 5.10. The number of aromatic nitrogens is 4. The van der Waals surface area contributed by atoms with Crippen LogP contribution in [0.15, 0.2) is 12.4 Å². The molecule has 28 heavy (non-hydrogen) atoms. The van der Waals surface area contributed by atoms with Crippen LogP contribution in [0.2, 0.25) is 0 Å². The Balaban J connectivity index is 1.97. The Bertz CT molecular complexity index is 877. The summed E-state index contributed by atoms with van der Waals surface area (Å²) >= 11 is 0. The van der Waals surface area contributed by atoms with Gasteiger partial charge in [0.1, 0.15) is 12.0 Å². The van der Waals surface area contributed by atoms with Gasteiger partial charge in [-0.25, -0.2) is 4.98 Å². The molecular weight excluding hydrogens is 385 g/mol. The summed E-state index contributed by atoms with van der Waals surface area (Å²) in [4.78, 5) is 20.3. The molecule has 0 aromatic carbocycles.